The van der Waals surface area contributed by atoms with Gasteiger partial charge in [0.15, 0.2) is 0 Å². The summed E-state index contributed by atoms with van der Waals surface area (Å²) in [5.41, 5.74) is 3.47. The van der Waals surface area contributed by atoms with Gasteiger partial charge in [-0.2, -0.15) is 5.10 Å². The van der Waals surface area contributed by atoms with Crippen LogP contribution >= 0.6 is 0 Å². The molecule has 1 aromatic rings. The zero-order valence-electron chi connectivity index (χ0n) is 8.46. The van der Waals surface area contributed by atoms with Gasteiger partial charge in [-0.1, -0.05) is 26.5 Å². The molecule has 0 spiro atoms. The second-order valence-corrected chi connectivity index (χ2v) is 3.30. The Hall–Kier alpha value is -1.31. The molecule has 2 nitrogen and oxygen atoms in total. The Kier molecular flexibility index (Phi) is 3.07. The number of nitrogens with one attached hydrogen (secondary N) is 1. The van der Waals surface area contributed by atoms with Crippen LogP contribution in [0, 0.1) is 5.92 Å². The maximum atomic E-state index is 4.01. The van der Waals surface area contributed by atoms with Crippen molar-refractivity contribution in [3.8, 4) is 0 Å². The number of rotatable bonds is 3. The molecule has 0 amide bonds. The molecule has 0 aliphatic heterocycles. The molecule has 0 unspecified atom stereocenters. The monoisotopic (exact) mass is 176 g/mol. The minimum Gasteiger partial charge on any atom is -0.278 e. The fourth-order valence-electron chi connectivity index (χ4n) is 1.48. The largest absolute Gasteiger partial charge is 0.278 e. The average Bonchev–Trinajstić information content (AvgIpc) is 2.53. The first-order valence-corrected chi connectivity index (χ1v) is 4.53. The number of H-pyrrole nitrogens is 1. The topological polar surface area (TPSA) is 28.7 Å². The number of hydrogen-bond donors (Lipinski definition) is 1. The van der Waals surface area contributed by atoms with Gasteiger partial charge in [0, 0.05) is 5.56 Å². The van der Waals surface area contributed by atoms with E-state index < -0.39 is 0 Å². The maximum absolute atomic E-state index is 4.01. The molecule has 0 atom stereocenters. The zero-order chi connectivity index (χ0) is 9.84. The highest BCUT2D eigenvalue weighted by Crippen LogP contribution is 2.24. The fraction of sp³-hybridized carbons (Fsp3) is 0.364. The highest BCUT2D eigenvalue weighted by molar-refractivity contribution is 5.72. The van der Waals surface area contributed by atoms with E-state index in [0.29, 0.717) is 5.92 Å². The van der Waals surface area contributed by atoms with Crippen LogP contribution in [0.4, 0.5) is 0 Å². The van der Waals surface area contributed by atoms with Crippen LogP contribution in [0.25, 0.3) is 11.6 Å². The summed E-state index contributed by atoms with van der Waals surface area (Å²) in [4.78, 5) is 0. The van der Waals surface area contributed by atoms with Crippen LogP contribution in [-0.4, -0.2) is 10.2 Å². The average molecular weight is 176 g/mol. The molecule has 1 aromatic heterocycles. The molecule has 1 rings (SSSR count). The van der Waals surface area contributed by atoms with Crippen molar-refractivity contribution in [2.45, 2.75) is 20.8 Å². The quantitative estimate of drug-likeness (QED) is 0.753. The molecule has 70 valence electrons. The summed E-state index contributed by atoms with van der Waals surface area (Å²) in [6.45, 7) is 10.1. The van der Waals surface area contributed by atoms with Crippen LogP contribution in [0.15, 0.2) is 18.9 Å². The number of aromatic amines is 1. The van der Waals surface area contributed by atoms with E-state index in [0.717, 1.165) is 11.3 Å². The Bertz CT molecular complexity index is 319. The maximum Gasteiger partial charge on any atom is 0.0647 e. The summed E-state index contributed by atoms with van der Waals surface area (Å²) in [5, 5.41) is 6.92. The number of aromatic nitrogens is 2. The first kappa shape index (κ1) is 9.78. The Balaban J connectivity index is 3.12. The molecule has 0 saturated carbocycles. The second kappa shape index (κ2) is 4.08. The summed E-state index contributed by atoms with van der Waals surface area (Å²) in [5.74, 6) is 0.515. The molecule has 0 fully saturated rings. The van der Waals surface area contributed by atoms with E-state index in [4.69, 9.17) is 0 Å². The van der Waals surface area contributed by atoms with Gasteiger partial charge in [-0.25, -0.2) is 0 Å². The molecule has 0 saturated heterocycles. The van der Waals surface area contributed by atoms with Gasteiger partial charge in [0.05, 0.1) is 11.9 Å². The Morgan fingerprint density at radius 3 is 2.77 bits per heavy atom. The smallest absolute Gasteiger partial charge is 0.0647 e. The lowest BCUT2D eigenvalue weighted by Gasteiger charge is -2.09. The summed E-state index contributed by atoms with van der Waals surface area (Å²) in [7, 11) is 0. The third-order valence-corrected chi connectivity index (χ3v) is 2.12. The second-order valence-electron chi connectivity index (χ2n) is 3.30. The van der Waals surface area contributed by atoms with Crippen molar-refractivity contribution in [2.75, 3.05) is 0 Å². The first-order chi connectivity index (χ1) is 6.20. The van der Waals surface area contributed by atoms with Crippen LogP contribution in [0.1, 0.15) is 32.0 Å². The van der Waals surface area contributed by atoms with Crippen LogP contribution in [-0.2, 0) is 0 Å². The van der Waals surface area contributed by atoms with Crippen molar-refractivity contribution in [3.05, 3.63) is 30.1 Å². The summed E-state index contributed by atoms with van der Waals surface area (Å²) >= 11 is 0. The molecule has 0 bridgehead atoms. The summed E-state index contributed by atoms with van der Waals surface area (Å²) in [6, 6.07) is 0. The molecular formula is C11H16N2. The highest BCUT2D eigenvalue weighted by Gasteiger charge is 2.09. The van der Waals surface area contributed by atoms with Gasteiger partial charge < -0.3 is 0 Å². The van der Waals surface area contributed by atoms with Crippen LogP contribution < -0.4 is 0 Å². The van der Waals surface area contributed by atoms with E-state index in [1.165, 1.54) is 5.57 Å². The molecule has 0 aromatic carbocycles. The van der Waals surface area contributed by atoms with Crippen molar-refractivity contribution in [3.63, 3.8) is 0 Å². The van der Waals surface area contributed by atoms with Crippen molar-refractivity contribution in [1.29, 1.82) is 0 Å². The Morgan fingerprint density at radius 2 is 2.31 bits per heavy atom. The lowest BCUT2D eigenvalue weighted by molar-refractivity contribution is 0.854. The lowest BCUT2D eigenvalue weighted by atomic mass is 9.95. The molecule has 0 aliphatic rings. The first-order valence-electron chi connectivity index (χ1n) is 4.53. The number of nitrogens with zero attached hydrogens (tertiary/aromatic N) is 1. The van der Waals surface area contributed by atoms with Crippen molar-refractivity contribution in [1.82, 2.24) is 10.2 Å². The zero-order valence-corrected chi connectivity index (χ0v) is 8.46. The van der Waals surface area contributed by atoms with Gasteiger partial charge in [0.25, 0.3) is 0 Å². The fourth-order valence-corrected chi connectivity index (χ4v) is 1.48. The molecule has 0 aliphatic carbocycles. The van der Waals surface area contributed by atoms with Crippen LogP contribution in [0.5, 0.6) is 0 Å². The van der Waals surface area contributed by atoms with Gasteiger partial charge in [0.1, 0.15) is 0 Å². The molecule has 0 radical (unpaired) electrons. The predicted molar refractivity (Wildman–Crippen MR) is 57.2 cm³/mol. The molecule has 2 heteroatoms. The van der Waals surface area contributed by atoms with E-state index >= 15 is 0 Å². The van der Waals surface area contributed by atoms with Crippen molar-refractivity contribution >= 4 is 11.6 Å². The number of hydrogen-bond acceptors (Lipinski definition) is 1. The van der Waals surface area contributed by atoms with E-state index in [9.17, 15) is 0 Å². The molecule has 1 heterocycles. The molecule has 13 heavy (non-hydrogen) atoms. The SMILES string of the molecule is C=Cc1[nH]ncc1/C(=C\C)C(C)C. The summed E-state index contributed by atoms with van der Waals surface area (Å²) < 4.78 is 0. The lowest BCUT2D eigenvalue weighted by Crippen LogP contribution is -1.93. The third kappa shape index (κ3) is 1.89. The highest BCUT2D eigenvalue weighted by atomic mass is 15.1. The third-order valence-electron chi connectivity index (χ3n) is 2.12. The number of allylic oxidation sites excluding steroid dienone is 2. The normalized spacial score (nSPS) is 12.2. The van der Waals surface area contributed by atoms with Crippen LogP contribution in [0.2, 0.25) is 0 Å². The van der Waals surface area contributed by atoms with Gasteiger partial charge in [0.2, 0.25) is 0 Å². The van der Waals surface area contributed by atoms with E-state index in [-0.39, 0.29) is 0 Å². The van der Waals surface area contributed by atoms with Gasteiger partial charge >= 0.3 is 0 Å². The van der Waals surface area contributed by atoms with Gasteiger partial charge in [-0.05, 0) is 24.5 Å². The van der Waals surface area contributed by atoms with E-state index in [1.54, 1.807) is 6.08 Å². The summed E-state index contributed by atoms with van der Waals surface area (Å²) in [6.07, 6.45) is 5.78. The molecule has 1 N–H and O–H groups in total. The Labute approximate surface area is 79.4 Å². The van der Waals surface area contributed by atoms with Crippen LogP contribution in [0.3, 0.4) is 0 Å². The standard InChI is InChI=1S/C11H16N2/c1-5-9(8(3)4)10-7-12-13-11(10)6-2/h5-8H,2H2,1,3-4H3,(H,12,13)/b9-5-. The van der Waals surface area contributed by atoms with Crippen molar-refractivity contribution in [2.24, 2.45) is 5.92 Å². The van der Waals surface area contributed by atoms with E-state index in [2.05, 4.69) is 43.6 Å². The Morgan fingerprint density at radius 1 is 1.62 bits per heavy atom. The predicted octanol–water partition coefficient (Wildman–Crippen LogP) is 3.11. The van der Waals surface area contributed by atoms with E-state index in [1.807, 2.05) is 6.20 Å². The van der Waals surface area contributed by atoms with Gasteiger partial charge in [-0.15, -0.1) is 0 Å². The van der Waals surface area contributed by atoms with Gasteiger partial charge in [-0.3, -0.25) is 5.10 Å². The minimum atomic E-state index is 0.515. The van der Waals surface area contributed by atoms with Crippen molar-refractivity contribution < 1.29 is 0 Å². The minimum absolute atomic E-state index is 0.515. The molecular weight excluding hydrogens is 160 g/mol.